The van der Waals surface area contributed by atoms with Crippen LogP contribution in [0.4, 0.5) is 0 Å². The van der Waals surface area contributed by atoms with Crippen LogP contribution in [0.2, 0.25) is 0 Å². The van der Waals surface area contributed by atoms with Gasteiger partial charge in [-0.1, -0.05) is 6.92 Å². The Bertz CT molecular complexity index is 379. The number of hydrogen-bond donors (Lipinski definition) is 2. The maximum absolute atomic E-state index is 11.1. The van der Waals surface area contributed by atoms with E-state index in [4.69, 9.17) is 5.11 Å². The predicted octanol–water partition coefficient (Wildman–Crippen LogP) is -0.0361. The molecule has 1 aliphatic rings. The molecule has 0 spiro atoms. The van der Waals surface area contributed by atoms with Gasteiger partial charge in [0, 0.05) is 25.5 Å². The topological polar surface area (TPSA) is 78.6 Å². The highest BCUT2D eigenvalue weighted by molar-refractivity contribution is 5.73. The lowest BCUT2D eigenvalue weighted by molar-refractivity contribution is -0.143. The van der Waals surface area contributed by atoms with Crippen molar-refractivity contribution in [2.45, 2.75) is 31.5 Å². The van der Waals surface area contributed by atoms with Crippen LogP contribution in [0.3, 0.4) is 0 Å². The van der Waals surface area contributed by atoms with Crippen LogP contribution in [0.1, 0.15) is 19.4 Å². The van der Waals surface area contributed by atoms with Crippen LogP contribution in [0.5, 0.6) is 0 Å². The summed E-state index contributed by atoms with van der Waals surface area (Å²) >= 11 is 0. The van der Waals surface area contributed by atoms with E-state index in [2.05, 4.69) is 5.10 Å². The largest absolute Gasteiger partial charge is 0.480 e. The van der Waals surface area contributed by atoms with Gasteiger partial charge in [0.15, 0.2) is 0 Å². The van der Waals surface area contributed by atoms with Gasteiger partial charge in [0.25, 0.3) is 0 Å². The van der Waals surface area contributed by atoms with Gasteiger partial charge in [-0.3, -0.25) is 14.4 Å². The first kappa shape index (κ1) is 12.1. The number of aliphatic carboxylic acids is 1. The molecular weight excluding hydrogens is 222 g/mol. The minimum absolute atomic E-state index is 0.154. The maximum atomic E-state index is 11.1. The van der Waals surface area contributed by atoms with Crippen LogP contribution in [0, 0.1) is 0 Å². The predicted molar refractivity (Wildman–Crippen MR) is 60.6 cm³/mol. The van der Waals surface area contributed by atoms with Crippen molar-refractivity contribution in [1.82, 2.24) is 14.7 Å². The second kappa shape index (κ2) is 4.85. The minimum Gasteiger partial charge on any atom is -0.480 e. The van der Waals surface area contributed by atoms with Crippen molar-refractivity contribution in [3.63, 3.8) is 0 Å². The zero-order valence-electron chi connectivity index (χ0n) is 9.73. The van der Waals surface area contributed by atoms with E-state index in [1.165, 1.54) is 0 Å². The maximum Gasteiger partial charge on any atom is 0.320 e. The molecule has 1 saturated heterocycles. The van der Waals surface area contributed by atoms with Crippen LogP contribution < -0.4 is 0 Å². The van der Waals surface area contributed by atoms with Crippen molar-refractivity contribution in [2.24, 2.45) is 0 Å². The molecule has 2 rings (SSSR count). The molecule has 6 nitrogen and oxygen atoms in total. The normalized spacial score (nSPS) is 27.2. The molecule has 0 aliphatic carbocycles. The molecule has 1 aromatic rings. The summed E-state index contributed by atoms with van der Waals surface area (Å²) in [4.78, 5) is 12.9. The number of nitrogens with zero attached hydrogens (tertiary/aromatic N) is 3. The fraction of sp³-hybridized carbons (Fsp3) is 0.636. The smallest absolute Gasteiger partial charge is 0.320 e. The highest BCUT2D eigenvalue weighted by Gasteiger charge is 2.38. The van der Waals surface area contributed by atoms with Crippen molar-refractivity contribution in [3.8, 4) is 0 Å². The van der Waals surface area contributed by atoms with E-state index >= 15 is 0 Å². The highest BCUT2D eigenvalue weighted by Crippen LogP contribution is 2.24. The summed E-state index contributed by atoms with van der Waals surface area (Å²) in [6.45, 7) is 2.75. The molecule has 3 atom stereocenters. The zero-order valence-corrected chi connectivity index (χ0v) is 9.73. The lowest BCUT2D eigenvalue weighted by atomic mass is 10.2. The molecule has 6 heteroatoms. The minimum atomic E-state index is -0.833. The van der Waals surface area contributed by atoms with E-state index < -0.39 is 18.1 Å². The summed E-state index contributed by atoms with van der Waals surface area (Å²) < 4.78 is 1.69. The quantitative estimate of drug-likeness (QED) is 0.771. The second-order valence-corrected chi connectivity index (χ2v) is 4.34. The van der Waals surface area contributed by atoms with E-state index in [9.17, 15) is 9.90 Å². The summed E-state index contributed by atoms with van der Waals surface area (Å²) in [5.41, 5.74) is 0. The van der Waals surface area contributed by atoms with Crippen LogP contribution >= 0.6 is 0 Å². The first-order valence-electron chi connectivity index (χ1n) is 5.77. The number of likely N-dealkylation sites (tertiary alicyclic amines) is 1. The van der Waals surface area contributed by atoms with Crippen molar-refractivity contribution in [2.75, 3.05) is 13.1 Å². The van der Waals surface area contributed by atoms with Crippen LogP contribution in [0.25, 0.3) is 0 Å². The van der Waals surface area contributed by atoms with E-state index in [0.717, 1.165) is 0 Å². The Morgan fingerprint density at radius 1 is 1.59 bits per heavy atom. The Kier molecular flexibility index (Phi) is 3.44. The van der Waals surface area contributed by atoms with Crippen LogP contribution in [0.15, 0.2) is 18.5 Å². The third-order valence-corrected chi connectivity index (χ3v) is 3.26. The Hall–Kier alpha value is -1.40. The van der Waals surface area contributed by atoms with Crippen molar-refractivity contribution in [3.05, 3.63) is 18.5 Å². The fourth-order valence-electron chi connectivity index (χ4n) is 2.38. The fourth-order valence-corrected chi connectivity index (χ4v) is 2.38. The Morgan fingerprint density at radius 2 is 2.35 bits per heavy atom. The van der Waals surface area contributed by atoms with E-state index in [1.807, 2.05) is 6.92 Å². The van der Waals surface area contributed by atoms with Crippen LogP contribution in [-0.4, -0.2) is 56.1 Å². The Labute approximate surface area is 99.5 Å². The standard InChI is InChI=1S/C11H17N3O3/c1-2-8(11(16)17)13-6-9(10(15)7-13)14-5-3-4-12-14/h3-5,8-10,15H,2,6-7H2,1H3,(H,16,17)/t8-,9-,10-/m1/s1. The number of carboxylic acid groups (broad SMARTS) is 1. The monoisotopic (exact) mass is 239 g/mol. The van der Waals surface area contributed by atoms with E-state index in [1.54, 1.807) is 28.0 Å². The average Bonchev–Trinajstić information content (AvgIpc) is 2.87. The first-order valence-corrected chi connectivity index (χ1v) is 5.77. The summed E-state index contributed by atoms with van der Waals surface area (Å²) in [6, 6.07) is 1.12. The molecule has 0 aromatic carbocycles. The van der Waals surface area contributed by atoms with Gasteiger partial charge in [-0.05, 0) is 12.5 Å². The van der Waals surface area contributed by atoms with Gasteiger partial charge in [0.2, 0.25) is 0 Å². The van der Waals surface area contributed by atoms with Gasteiger partial charge in [0.1, 0.15) is 6.04 Å². The summed E-state index contributed by atoms with van der Waals surface area (Å²) in [5.74, 6) is -0.833. The number of aliphatic hydroxyl groups excluding tert-OH is 1. The Morgan fingerprint density at radius 3 is 2.88 bits per heavy atom. The molecule has 0 unspecified atom stereocenters. The number of β-amino-alcohol motifs (C(OH)–C–C–N with tert-alkyl or cyclic N) is 1. The molecule has 2 N–H and O–H groups in total. The molecular formula is C11H17N3O3. The lowest BCUT2D eigenvalue weighted by Crippen LogP contribution is -2.39. The molecule has 0 bridgehead atoms. The number of aromatic nitrogens is 2. The molecule has 0 saturated carbocycles. The first-order chi connectivity index (χ1) is 8.13. The van der Waals surface area contributed by atoms with E-state index in [-0.39, 0.29) is 6.04 Å². The Balaban J connectivity index is 2.09. The molecule has 1 aromatic heterocycles. The van der Waals surface area contributed by atoms with Crippen molar-refractivity contribution in [1.29, 1.82) is 0 Å². The van der Waals surface area contributed by atoms with Gasteiger partial charge in [0.05, 0.1) is 12.1 Å². The van der Waals surface area contributed by atoms with Gasteiger partial charge in [-0.25, -0.2) is 0 Å². The molecule has 0 amide bonds. The lowest BCUT2D eigenvalue weighted by Gasteiger charge is -2.22. The zero-order chi connectivity index (χ0) is 12.4. The average molecular weight is 239 g/mol. The number of aliphatic hydroxyl groups is 1. The number of rotatable bonds is 4. The molecule has 1 fully saturated rings. The third kappa shape index (κ3) is 2.32. The van der Waals surface area contributed by atoms with Crippen molar-refractivity contribution < 1.29 is 15.0 Å². The molecule has 2 heterocycles. The highest BCUT2D eigenvalue weighted by atomic mass is 16.4. The SMILES string of the molecule is CC[C@H](C(=O)O)N1C[C@@H](O)[C@H](n2cccn2)C1. The summed E-state index contributed by atoms with van der Waals surface area (Å²) in [5, 5.41) is 23.1. The number of carbonyl (C=O) groups is 1. The second-order valence-electron chi connectivity index (χ2n) is 4.34. The molecule has 0 radical (unpaired) electrons. The molecule has 1 aliphatic heterocycles. The number of carboxylic acids is 1. The van der Waals surface area contributed by atoms with Crippen molar-refractivity contribution >= 4 is 5.97 Å². The molecule has 17 heavy (non-hydrogen) atoms. The third-order valence-electron chi connectivity index (χ3n) is 3.26. The van der Waals surface area contributed by atoms with Gasteiger partial charge in [-0.2, -0.15) is 5.10 Å². The van der Waals surface area contributed by atoms with Gasteiger partial charge >= 0.3 is 5.97 Å². The summed E-state index contributed by atoms with van der Waals surface area (Å²) in [7, 11) is 0. The summed E-state index contributed by atoms with van der Waals surface area (Å²) in [6.07, 6.45) is 3.42. The number of hydrogen-bond acceptors (Lipinski definition) is 4. The van der Waals surface area contributed by atoms with Crippen LogP contribution in [-0.2, 0) is 4.79 Å². The van der Waals surface area contributed by atoms with E-state index in [0.29, 0.717) is 19.5 Å². The molecule has 94 valence electrons. The van der Waals surface area contributed by atoms with Gasteiger partial charge in [-0.15, -0.1) is 0 Å². The van der Waals surface area contributed by atoms with Gasteiger partial charge < -0.3 is 10.2 Å².